The molecular weight excluding hydrogens is 300 g/mol. The molecule has 1 fully saturated rings. The molecular formula is C15H18N4O4. The third-order valence-electron chi connectivity index (χ3n) is 3.99. The second kappa shape index (κ2) is 5.53. The van der Waals surface area contributed by atoms with Crippen molar-refractivity contribution in [1.82, 2.24) is 20.3 Å². The zero-order valence-electron chi connectivity index (χ0n) is 13.5. The van der Waals surface area contributed by atoms with E-state index in [1.165, 1.54) is 10.0 Å². The van der Waals surface area contributed by atoms with Crippen molar-refractivity contribution < 1.29 is 18.6 Å². The molecule has 2 aromatic heterocycles. The highest BCUT2D eigenvalue weighted by atomic mass is 16.5. The largest absolute Gasteiger partial charge is 0.361 e. The first-order chi connectivity index (χ1) is 10.9. The van der Waals surface area contributed by atoms with E-state index in [4.69, 9.17) is 9.05 Å². The number of hydrazine groups is 1. The van der Waals surface area contributed by atoms with Gasteiger partial charge in [0, 0.05) is 13.1 Å². The van der Waals surface area contributed by atoms with Crippen LogP contribution in [0.2, 0.25) is 0 Å². The van der Waals surface area contributed by atoms with E-state index >= 15 is 0 Å². The summed E-state index contributed by atoms with van der Waals surface area (Å²) in [5.74, 6) is 0.339. The summed E-state index contributed by atoms with van der Waals surface area (Å²) >= 11 is 0. The summed E-state index contributed by atoms with van der Waals surface area (Å²) in [6, 6.07) is 0. The number of aryl methyl sites for hydroxylation is 4. The monoisotopic (exact) mass is 318 g/mol. The molecule has 0 aromatic carbocycles. The molecule has 0 saturated carbocycles. The predicted octanol–water partition coefficient (Wildman–Crippen LogP) is 1.80. The van der Waals surface area contributed by atoms with Gasteiger partial charge in [-0.2, -0.15) is 0 Å². The Morgan fingerprint density at radius 1 is 0.826 bits per heavy atom. The van der Waals surface area contributed by atoms with Gasteiger partial charge in [-0.05, 0) is 34.1 Å². The van der Waals surface area contributed by atoms with E-state index in [9.17, 15) is 9.59 Å². The van der Waals surface area contributed by atoms with Crippen molar-refractivity contribution in [2.75, 3.05) is 13.1 Å². The fourth-order valence-electron chi connectivity index (χ4n) is 2.87. The van der Waals surface area contributed by atoms with Gasteiger partial charge in [0.25, 0.3) is 11.8 Å². The Morgan fingerprint density at radius 3 is 1.52 bits per heavy atom. The quantitative estimate of drug-likeness (QED) is 0.838. The molecule has 3 rings (SSSR count). The van der Waals surface area contributed by atoms with E-state index in [-0.39, 0.29) is 11.8 Å². The molecule has 122 valence electrons. The van der Waals surface area contributed by atoms with Gasteiger partial charge >= 0.3 is 0 Å². The summed E-state index contributed by atoms with van der Waals surface area (Å²) in [4.78, 5) is 25.6. The molecule has 0 unspecified atom stereocenters. The van der Waals surface area contributed by atoms with Crippen molar-refractivity contribution >= 4 is 11.8 Å². The molecule has 2 aromatic rings. The molecule has 8 nitrogen and oxygen atoms in total. The number of carbonyl (C=O) groups excluding carboxylic acids is 2. The lowest BCUT2D eigenvalue weighted by Gasteiger charge is -2.27. The maximum Gasteiger partial charge on any atom is 0.277 e. The Balaban J connectivity index is 1.92. The lowest BCUT2D eigenvalue weighted by Crippen LogP contribution is -2.45. The number of amides is 2. The number of nitrogens with zero attached hydrogens (tertiary/aromatic N) is 4. The topological polar surface area (TPSA) is 92.7 Å². The molecule has 1 saturated heterocycles. The van der Waals surface area contributed by atoms with Gasteiger partial charge in [-0.3, -0.25) is 9.59 Å². The molecule has 23 heavy (non-hydrogen) atoms. The van der Waals surface area contributed by atoms with Gasteiger partial charge in [-0.1, -0.05) is 10.3 Å². The smallest absolute Gasteiger partial charge is 0.277 e. The molecule has 3 heterocycles. The van der Waals surface area contributed by atoms with Crippen LogP contribution in [0.5, 0.6) is 0 Å². The Morgan fingerprint density at radius 2 is 1.22 bits per heavy atom. The van der Waals surface area contributed by atoms with Crippen molar-refractivity contribution in [3.63, 3.8) is 0 Å². The maximum absolute atomic E-state index is 12.8. The van der Waals surface area contributed by atoms with Crippen LogP contribution in [-0.4, -0.2) is 45.2 Å². The van der Waals surface area contributed by atoms with Crippen LogP contribution >= 0.6 is 0 Å². The zero-order valence-corrected chi connectivity index (χ0v) is 13.5. The molecule has 0 radical (unpaired) electrons. The van der Waals surface area contributed by atoms with Crippen LogP contribution in [0.1, 0.15) is 50.0 Å². The zero-order chi connectivity index (χ0) is 16.7. The summed E-state index contributed by atoms with van der Waals surface area (Å²) in [5.41, 5.74) is 1.85. The Bertz CT molecular complexity index is 673. The van der Waals surface area contributed by atoms with Gasteiger partial charge < -0.3 is 9.05 Å². The van der Waals surface area contributed by atoms with E-state index in [1.807, 2.05) is 0 Å². The van der Waals surface area contributed by atoms with Crippen molar-refractivity contribution in [3.8, 4) is 0 Å². The van der Waals surface area contributed by atoms with Gasteiger partial charge in [0.15, 0.2) is 0 Å². The minimum absolute atomic E-state index is 0.279. The maximum atomic E-state index is 12.8. The lowest BCUT2D eigenvalue weighted by atomic mass is 10.2. The first-order valence-corrected chi connectivity index (χ1v) is 7.41. The fraction of sp³-hybridized carbons (Fsp3) is 0.467. The number of carbonyl (C=O) groups is 2. The molecule has 0 aliphatic carbocycles. The minimum Gasteiger partial charge on any atom is -0.361 e. The van der Waals surface area contributed by atoms with Crippen molar-refractivity contribution in [2.45, 2.75) is 34.1 Å². The third kappa shape index (κ3) is 2.39. The molecule has 0 bridgehead atoms. The van der Waals surface area contributed by atoms with Crippen LogP contribution in [0.15, 0.2) is 9.05 Å². The first kappa shape index (κ1) is 15.3. The molecule has 1 aliphatic heterocycles. The standard InChI is InChI=1S/C15H18N4O4/c1-8-12(10(3)22-16-8)14(20)18-6-5-7-19(18)15(21)13-9(2)17-23-11(13)4/h5-7H2,1-4H3. The molecule has 8 heteroatoms. The molecule has 0 N–H and O–H groups in total. The Labute approximate surface area is 133 Å². The van der Waals surface area contributed by atoms with E-state index in [1.54, 1.807) is 27.7 Å². The fourth-order valence-corrected chi connectivity index (χ4v) is 2.87. The van der Waals surface area contributed by atoms with Crippen molar-refractivity contribution in [1.29, 1.82) is 0 Å². The van der Waals surface area contributed by atoms with E-state index in [0.29, 0.717) is 53.5 Å². The van der Waals surface area contributed by atoms with E-state index < -0.39 is 0 Å². The Hall–Kier alpha value is -2.64. The van der Waals surface area contributed by atoms with Gasteiger partial charge in [0.05, 0.1) is 11.4 Å². The highest BCUT2D eigenvalue weighted by molar-refractivity contribution is 6.01. The van der Waals surface area contributed by atoms with E-state index in [0.717, 1.165) is 0 Å². The van der Waals surface area contributed by atoms with Crippen molar-refractivity contribution in [2.24, 2.45) is 0 Å². The normalized spacial score (nSPS) is 14.6. The summed E-state index contributed by atoms with van der Waals surface area (Å²) in [6.45, 7) is 7.73. The van der Waals surface area contributed by atoms with Crippen molar-refractivity contribution in [3.05, 3.63) is 34.0 Å². The predicted molar refractivity (Wildman–Crippen MR) is 78.6 cm³/mol. The first-order valence-electron chi connectivity index (χ1n) is 7.41. The molecule has 2 amide bonds. The summed E-state index contributed by atoms with van der Waals surface area (Å²) < 4.78 is 10.1. The molecule has 0 atom stereocenters. The van der Waals surface area contributed by atoms with Gasteiger partial charge in [-0.15, -0.1) is 0 Å². The number of aromatic nitrogens is 2. The van der Waals surface area contributed by atoms with Gasteiger partial charge in [-0.25, -0.2) is 10.0 Å². The minimum atomic E-state index is -0.279. The SMILES string of the molecule is Cc1noc(C)c1C(=O)N1CCCN1C(=O)c1c(C)noc1C. The number of hydrogen-bond acceptors (Lipinski definition) is 6. The number of rotatable bonds is 2. The molecule has 1 aliphatic rings. The summed E-state index contributed by atoms with van der Waals surface area (Å²) in [7, 11) is 0. The Kier molecular flexibility index (Phi) is 3.67. The van der Waals surface area contributed by atoms with Crippen LogP contribution in [0.4, 0.5) is 0 Å². The second-order valence-electron chi connectivity index (χ2n) is 5.61. The lowest BCUT2D eigenvalue weighted by molar-refractivity contribution is 0.0183. The summed E-state index contributed by atoms with van der Waals surface area (Å²) in [6.07, 6.45) is 0.713. The van der Waals surface area contributed by atoms with Gasteiger partial charge in [0.1, 0.15) is 22.6 Å². The highest BCUT2D eigenvalue weighted by Crippen LogP contribution is 2.23. The highest BCUT2D eigenvalue weighted by Gasteiger charge is 2.36. The average Bonchev–Trinajstić information content (AvgIpc) is 3.19. The second-order valence-corrected chi connectivity index (χ2v) is 5.61. The molecule has 0 spiro atoms. The third-order valence-corrected chi connectivity index (χ3v) is 3.99. The van der Waals surface area contributed by atoms with Crippen LogP contribution in [0, 0.1) is 27.7 Å². The summed E-state index contributed by atoms with van der Waals surface area (Å²) in [5, 5.41) is 10.5. The van der Waals surface area contributed by atoms with E-state index in [2.05, 4.69) is 10.3 Å². The average molecular weight is 318 g/mol. The van der Waals surface area contributed by atoms with Crippen LogP contribution in [0.25, 0.3) is 0 Å². The van der Waals surface area contributed by atoms with Crippen LogP contribution < -0.4 is 0 Å². The van der Waals surface area contributed by atoms with Crippen LogP contribution in [0.3, 0.4) is 0 Å². The number of hydrogen-bond donors (Lipinski definition) is 0. The van der Waals surface area contributed by atoms with Gasteiger partial charge in [0.2, 0.25) is 0 Å². The van der Waals surface area contributed by atoms with Crippen LogP contribution in [-0.2, 0) is 0 Å².